The van der Waals surface area contributed by atoms with E-state index in [2.05, 4.69) is 29.3 Å². The monoisotopic (exact) mass is 311 g/mol. The van der Waals surface area contributed by atoms with Crippen LogP contribution < -0.4 is 14.8 Å². The Morgan fingerprint density at radius 1 is 1.29 bits per heavy atom. The Hall–Kier alpha value is -1.95. The number of hydrogen-bond acceptors (Lipinski definition) is 6. The van der Waals surface area contributed by atoms with Gasteiger partial charge in [-0.3, -0.25) is 0 Å². The minimum Gasteiger partial charge on any atom is -0.493 e. The van der Waals surface area contributed by atoms with Gasteiger partial charge in [-0.25, -0.2) is 0 Å². The predicted molar refractivity (Wildman–Crippen MR) is 81.2 cm³/mol. The highest BCUT2D eigenvalue weighted by atomic mass is 35.5. The Balaban J connectivity index is 2.28. The van der Waals surface area contributed by atoms with Crippen LogP contribution in [-0.4, -0.2) is 30.9 Å². The van der Waals surface area contributed by atoms with Gasteiger partial charge in [0.05, 0.1) is 19.2 Å². The first kappa shape index (κ1) is 15.4. The van der Waals surface area contributed by atoms with Gasteiger partial charge in [0.2, 0.25) is 5.82 Å². The number of nitrogens with zero attached hydrogens (tertiary/aromatic N) is 2. The van der Waals surface area contributed by atoms with E-state index in [-0.39, 0.29) is 0 Å². The molecule has 1 heterocycles. The van der Waals surface area contributed by atoms with Crippen LogP contribution in [0.3, 0.4) is 0 Å². The maximum absolute atomic E-state index is 6.17. The number of methoxy groups -OCH3 is 2. The summed E-state index contributed by atoms with van der Waals surface area (Å²) in [6.07, 6.45) is 0. The highest BCUT2D eigenvalue weighted by molar-refractivity contribution is 6.32. The number of aromatic nitrogens is 2. The third kappa shape index (κ3) is 3.58. The standard InChI is InChI=1S/C14H18ClN3O3/c1-8(2)7-16-14-17-13(18-21-14)9-5-10(15)12(20-4)11(6-9)19-3/h5-6,8H,7H2,1-4H3,(H,16,17,18). The Morgan fingerprint density at radius 3 is 2.67 bits per heavy atom. The largest absolute Gasteiger partial charge is 0.493 e. The first-order chi connectivity index (χ1) is 10.0. The fourth-order valence-electron chi connectivity index (χ4n) is 1.75. The summed E-state index contributed by atoms with van der Waals surface area (Å²) in [7, 11) is 3.08. The van der Waals surface area contributed by atoms with Crippen LogP contribution in [0.5, 0.6) is 11.5 Å². The Labute approximate surface area is 128 Å². The SMILES string of the molecule is COc1cc(-c2noc(NCC(C)C)n2)cc(Cl)c1OC. The van der Waals surface area contributed by atoms with Crippen molar-refractivity contribution in [1.29, 1.82) is 0 Å². The van der Waals surface area contributed by atoms with Crippen LogP contribution in [0.2, 0.25) is 5.02 Å². The molecule has 21 heavy (non-hydrogen) atoms. The van der Waals surface area contributed by atoms with Crippen LogP contribution in [0.1, 0.15) is 13.8 Å². The van der Waals surface area contributed by atoms with E-state index in [1.807, 2.05) is 0 Å². The van der Waals surface area contributed by atoms with Gasteiger partial charge >= 0.3 is 6.01 Å². The van der Waals surface area contributed by atoms with Crippen molar-refractivity contribution in [2.45, 2.75) is 13.8 Å². The minimum atomic E-state index is 0.379. The van der Waals surface area contributed by atoms with Gasteiger partial charge in [-0.05, 0) is 18.1 Å². The average molecular weight is 312 g/mol. The number of rotatable bonds is 6. The Kier molecular flexibility index (Phi) is 4.90. The van der Waals surface area contributed by atoms with E-state index in [1.165, 1.54) is 7.11 Å². The van der Waals surface area contributed by atoms with E-state index >= 15 is 0 Å². The molecule has 2 rings (SSSR count). The topological polar surface area (TPSA) is 69.4 Å². The van der Waals surface area contributed by atoms with Crippen molar-refractivity contribution in [3.8, 4) is 22.9 Å². The molecule has 1 aromatic heterocycles. The van der Waals surface area contributed by atoms with Crippen LogP contribution in [0.25, 0.3) is 11.4 Å². The quantitative estimate of drug-likeness (QED) is 0.881. The fourth-order valence-corrected chi connectivity index (χ4v) is 2.04. The third-order valence-corrected chi connectivity index (χ3v) is 3.06. The molecule has 1 aromatic carbocycles. The third-order valence-electron chi connectivity index (χ3n) is 2.78. The van der Waals surface area contributed by atoms with Crippen molar-refractivity contribution in [1.82, 2.24) is 10.1 Å². The summed E-state index contributed by atoms with van der Waals surface area (Å²) in [5.41, 5.74) is 0.694. The van der Waals surface area contributed by atoms with Crippen LogP contribution in [-0.2, 0) is 0 Å². The number of ether oxygens (including phenoxy) is 2. The second kappa shape index (κ2) is 6.67. The summed E-state index contributed by atoms with van der Waals surface area (Å²) in [5, 5.41) is 7.43. The van der Waals surface area contributed by atoms with Gasteiger partial charge in [0.15, 0.2) is 11.5 Å². The fraction of sp³-hybridized carbons (Fsp3) is 0.429. The van der Waals surface area contributed by atoms with E-state index in [0.29, 0.717) is 39.8 Å². The summed E-state index contributed by atoms with van der Waals surface area (Å²) in [6.45, 7) is 4.95. The molecule has 0 atom stereocenters. The maximum atomic E-state index is 6.17. The minimum absolute atomic E-state index is 0.379. The maximum Gasteiger partial charge on any atom is 0.321 e. The predicted octanol–water partition coefficient (Wildman–Crippen LogP) is 3.48. The van der Waals surface area contributed by atoms with Crippen molar-refractivity contribution in [3.63, 3.8) is 0 Å². The molecular weight excluding hydrogens is 294 g/mol. The van der Waals surface area contributed by atoms with Crippen molar-refractivity contribution >= 4 is 17.6 Å². The molecule has 1 N–H and O–H groups in total. The zero-order valence-corrected chi connectivity index (χ0v) is 13.2. The van der Waals surface area contributed by atoms with Crippen LogP contribution >= 0.6 is 11.6 Å². The van der Waals surface area contributed by atoms with Gasteiger partial charge in [-0.15, -0.1) is 0 Å². The molecule has 0 radical (unpaired) electrons. The first-order valence-electron chi connectivity index (χ1n) is 6.54. The number of anilines is 1. The van der Waals surface area contributed by atoms with Crippen molar-refractivity contribution in [2.75, 3.05) is 26.1 Å². The molecule has 0 aliphatic rings. The lowest BCUT2D eigenvalue weighted by atomic mass is 10.2. The first-order valence-corrected chi connectivity index (χ1v) is 6.92. The van der Waals surface area contributed by atoms with Crippen LogP contribution in [0, 0.1) is 5.92 Å². The molecular formula is C14H18ClN3O3. The number of hydrogen-bond donors (Lipinski definition) is 1. The van der Waals surface area contributed by atoms with E-state index in [9.17, 15) is 0 Å². The molecule has 0 fully saturated rings. The molecule has 0 saturated heterocycles. The molecule has 7 heteroatoms. The molecule has 0 unspecified atom stereocenters. The average Bonchev–Trinajstić information content (AvgIpc) is 2.93. The van der Waals surface area contributed by atoms with Crippen LogP contribution in [0.15, 0.2) is 16.7 Å². The van der Waals surface area contributed by atoms with Crippen molar-refractivity contribution < 1.29 is 14.0 Å². The smallest absolute Gasteiger partial charge is 0.321 e. The molecule has 0 saturated carbocycles. The normalized spacial score (nSPS) is 10.8. The van der Waals surface area contributed by atoms with E-state index < -0.39 is 0 Å². The van der Waals surface area contributed by atoms with Gasteiger partial charge in [-0.1, -0.05) is 30.6 Å². The molecule has 6 nitrogen and oxygen atoms in total. The molecule has 2 aromatic rings. The van der Waals surface area contributed by atoms with E-state index in [1.54, 1.807) is 19.2 Å². The molecule has 0 aliphatic carbocycles. The molecule has 114 valence electrons. The summed E-state index contributed by atoms with van der Waals surface area (Å²) < 4.78 is 15.6. The molecule has 0 bridgehead atoms. The van der Waals surface area contributed by atoms with E-state index in [4.69, 9.17) is 25.6 Å². The van der Waals surface area contributed by atoms with Crippen molar-refractivity contribution in [3.05, 3.63) is 17.2 Å². The molecule has 0 amide bonds. The van der Waals surface area contributed by atoms with Gasteiger partial charge in [0, 0.05) is 12.1 Å². The highest BCUT2D eigenvalue weighted by Crippen LogP contribution is 2.38. The van der Waals surface area contributed by atoms with Crippen LogP contribution in [0.4, 0.5) is 6.01 Å². The summed E-state index contributed by atoms with van der Waals surface area (Å²) in [4.78, 5) is 4.28. The highest BCUT2D eigenvalue weighted by Gasteiger charge is 2.15. The number of benzene rings is 1. The van der Waals surface area contributed by atoms with Gasteiger partial charge in [0.1, 0.15) is 0 Å². The molecule has 0 aliphatic heterocycles. The second-order valence-electron chi connectivity index (χ2n) is 4.89. The zero-order chi connectivity index (χ0) is 15.4. The van der Waals surface area contributed by atoms with E-state index in [0.717, 1.165) is 6.54 Å². The number of nitrogens with one attached hydrogen (secondary N) is 1. The Morgan fingerprint density at radius 2 is 2.05 bits per heavy atom. The summed E-state index contributed by atoms with van der Waals surface area (Å²) in [5.74, 6) is 1.91. The second-order valence-corrected chi connectivity index (χ2v) is 5.30. The summed E-state index contributed by atoms with van der Waals surface area (Å²) >= 11 is 6.17. The lowest BCUT2D eigenvalue weighted by Gasteiger charge is -2.10. The lowest BCUT2D eigenvalue weighted by molar-refractivity contribution is 0.355. The van der Waals surface area contributed by atoms with Gasteiger partial charge in [-0.2, -0.15) is 4.98 Å². The lowest BCUT2D eigenvalue weighted by Crippen LogP contribution is -2.07. The molecule has 0 spiro atoms. The summed E-state index contributed by atoms with van der Waals surface area (Å²) in [6, 6.07) is 3.84. The zero-order valence-electron chi connectivity index (χ0n) is 12.4. The van der Waals surface area contributed by atoms with Gasteiger partial charge in [0.25, 0.3) is 0 Å². The Bertz CT molecular complexity index is 614. The van der Waals surface area contributed by atoms with Gasteiger partial charge < -0.3 is 19.3 Å². The van der Waals surface area contributed by atoms with Crippen molar-refractivity contribution in [2.24, 2.45) is 5.92 Å². The number of halogens is 1.